The van der Waals surface area contributed by atoms with Crippen molar-refractivity contribution in [1.82, 2.24) is 0 Å². The predicted molar refractivity (Wildman–Crippen MR) is 113 cm³/mol. The molecule has 0 N–H and O–H groups in total. The molecule has 0 saturated heterocycles. The molecule has 0 bridgehead atoms. The molecule has 3 aromatic carbocycles. The van der Waals surface area contributed by atoms with Gasteiger partial charge in [0.2, 0.25) is 5.78 Å². The first-order valence-electron chi connectivity index (χ1n) is 8.42. The van der Waals surface area contributed by atoms with Gasteiger partial charge in [0, 0.05) is 12.1 Å². The van der Waals surface area contributed by atoms with Crippen LogP contribution in [0.5, 0.6) is 11.5 Å². The average molecular weight is 426 g/mol. The van der Waals surface area contributed by atoms with E-state index < -0.39 is 18.3 Å². The van der Waals surface area contributed by atoms with Gasteiger partial charge >= 0.3 is 7.60 Å². The molecule has 9 heteroatoms. The van der Waals surface area contributed by atoms with Gasteiger partial charge in [0.25, 0.3) is 5.69 Å². The summed E-state index contributed by atoms with van der Waals surface area (Å²) in [6, 6.07) is 22.5. The molecule has 0 saturated carbocycles. The first kappa shape index (κ1) is 20.4. The van der Waals surface area contributed by atoms with Crippen LogP contribution in [0.2, 0.25) is 0 Å². The van der Waals surface area contributed by atoms with Gasteiger partial charge in [0.15, 0.2) is 0 Å². The van der Waals surface area contributed by atoms with E-state index in [2.05, 4.69) is 10.2 Å². The van der Waals surface area contributed by atoms with Crippen LogP contribution in [0.4, 0.5) is 5.69 Å². The number of aliphatic imine (C=N–C) groups is 1. The molecule has 0 radical (unpaired) electrons. The second-order valence-corrected chi connectivity index (χ2v) is 7.91. The number of isothiocyanates is 1. The maximum absolute atomic E-state index is 13.9. The van der Waals surface area contributed by atoms with Crippen LogP contribution in [0.15, 0.2) is 89.9 Å². The summed E-state index contributed by atoms with van der Waals surface area (Å²) in [6.07, 6.45) is 0. The number of hydrogen-bond donors (Lipinski definition) is 0. The first-order chi connectivity index (χ1) is 14.0. The third-order valence-corrected chi connectivity index (χ3v) is 5.88. The number of rotatable bonds is 8. The summed E-state index contributed by atoms with van der Waals surface area (Å²) < 4.78 is 25.4. The predicted octanol–water partition coefficient (Wildman–Crippen LogP) is 6.05. The van der Waals surface area contributed by atoms with E-state index in [-0.39, 0.29) is 5.69 Å². The Kier molecular flexibility index (Phi) is 6.52. The highest BCUT2D eigenvalue weighted by atomic mass is 32.1. The van der Waals surface area contributed by atoms with E-state index >= 15 is 0 Å². The number of para-hydroxylation sites is 2. The van der Waals surface area contributed by atoms with E-state index in [1.54, 1.807) is 60.7 Å². The minimum atomic E-state index is -4.02. The highest BCUT2D eigenvalue weighted by molar-refractivity contribution is 7.78. The van der Waals surface area contributed by atoms with Crippen molar-refractivity contribution in [1.29, 1.82) is 0 Å². The Morgan fingerprint density at radius 3 is 1.79 bits per heavy atom. The Labute approximate surface area is 172 Å². The van der Waals surface area contributed by atoms with Gasteiger partial charge in [-0.05, 0) is 54.2 Å². The number of nitrogens with zero attached hydrogens (tertiary/aromatic N) is 2. The second-order valence-electron chi connectivity index (χ2n) is 5.79. The normalized spacial score (nSPS) is 11.7. The van der Waals surface area contributed by atoms with Gasteiger partial charge in [-0.1, -0.05) is 36.4 Å². The Morgan fingerprint density at radius 1 is 0.897 bits per heavy atom. The number of hydrogen-bond acceptors (Lipinski definition) is 7. The second kappa shape index (κ2) is 9.26. The van der Waals surface area contributed by atoms with E-state index in [0.29, 0.717) is 17.1 Å². The third kappa shape index (κ3) is 5.15. The summed E-state index contributed by atoms with van der Waals surface area (Å²) in [7, 11) is -4.02. The van der Waals surface area contributed by atoms with Gasteiger partial charge in [0.05, 0.1) is 10.1 Å². The van der Waals surface area contributed by atoms with Crippen LogP contribution < -0.4 is 9.05 Å². The van der Waals surface area contributed by atoms with Crippen LogP contribution in [-0.2, 0) is 4.57 Å². The van der Waals surface area contributed by atoms with Crippen molar-refractivity contribution in [3.63, 3.8) is 0 Å². The minimum absolute atomic E-state index is 0.110. The zero-order valence-electron chi connectivity index (χ0n) is 15.0. The van der Waals surface area contributed by atoms with Crippen molar-refractivity contribution >= 4 is 30.7 Å². The molecule has 3 aromatic rings. The van der Waals surface area contributed by atoms with Crippen molar-refractivity contribution < 1.29 is 18.5 Å². The Balaban J connectivity index is 2.06. The molecule has 0 fully saturated rings. The standard InChI is InChI=1S/C20H15N2O5PS/c23-22(24)17-13-11-16(12-14-17)20(21-15-29)28(25,26-18-7-3-1-4-8-18)27-19-9-5-2-6-10-19/h1-14,20H. The molecule has 1 unspecified atom stereocenters. The Morgan fingerprint density at radius 2 is 1.38 bits per heavy atom. The van der Waals surface area contributed by atoms with E-state index in [1.807, 2.05) is 0 Å². The smallest absolute Gasteiger partial charge is 0.414 e. The topological polar surface area (TPSA) is 91.0 Å². The molecule has 0 amide bonds. The van der Waals surface area contributed by atoms with Gasteiger partial charge in [-0.25, -0.2) is 9.56 Å². The molecule has 7 nitrogen and oxygen atoms in total. The average Bonchev–Trinajstić information content (AvgIpc) is 2.73. The van der Waals surface area contributed by atoms with E-state index in [0.717, 1.165) is 0 Å². The molecule has 1 atom stereocenters. The lowest BCUT2D eigenvalue weighted by Crippen LogP contribution is -2.09. The molecule has 0 aliphatic carbocycles. The van der Waals surface area contributed by atoms with Crippen LogP contribution in [-0.4, -0.2) is 10.1 Å². The number of non-ortho nitro benzene ring substituents is 1. The lowest BCUT2D eigenvalue weighted by atomic mass is 10.2. The molecular weight excluding hydrogens is 411 g/mol. The quantitative estimate of drug-likeness (QED) is 0.143. The third-order valence-electron chi connectivity index (χ3n) is 3.83. The maximum Gasteiger partial charge on any atom is 0.460 e. The number of nitro groups is 1. The van der Waals surface area contributed by atoms with E-state index in [1.165, 1.54) is 24.3 Å². The fourth-order valence-corrected chi connectivity index (χ4v) is 4.51. The molecule has 0 spiro atoms. The van der Waals surface area contributed by atoms with Crippen molar-refractivity contribution in [3.05, 3.63) is 101 Å². The van der Waals surface area contributed by atoms with E-state index in [9.17, 15) is 14.7 Å². The molecule has 0 aliphatic rings. The number of benzene rings is 3. The summed E-state index contributed by atoms with van der Waals surface area (Å²) in [6.45, 7) is 0. The van der Waals surface area contributed by atoms with Crippen LogP contribution in [0.3, 0.4) is 0 Å². The molecular formula is C20H15N2O5PS. The molecule has 0 aliphatic heterocycles. The Hall–Kier alpha value is -3.31. The van der Waals surface area contributed by atoms with Crippen LogP contribution in [0.1, 0.15) is 11.3 Å². The molecule has 146 valence electrons. The lowest BCUT2D eigenvalue weighted by Gasteiger charge is -2.24. The lowest BCUT2D eigenvalue weighted by molar-refractivity contribution is -0.384. The molecule has 29 heavy (non-hydrogen) atoms. The number of nitro benzene ring substituents is 1. The van der Waals surface area contributed by atoms with Crippen molar-refractivity contribution in [3.8, 4) is 11.5 Å². The van der Waals surface area contributed by atoms with Gasteiger partial charge < -0.3 is 9.05 Å². The van der Waals surface area contributed by atoms with Crippen molar-refractivity contribution in [2.45, 2.75) is 5.78 Å². The van der Waals surface area contributed by atoms with Crippen molar-refractivity contribution in [2.75, 3.05) is 0 Å². The SMILES string of the molecule is O=[N+]([O-])c1ccc(C(N=C=S)P(=O)(Oc2ccccc2)Oc2ccccc2)cc1. The van der Waals surface area contributed by atoms with Crippen LogP contribution in [0.25, 0.3) is 0 Å². The zero-order chi connectivity index (χ0) is 20.7. The summed E-state index contributed by atoms with van der Waals surface area (Å²) in [5.41, 5.74) is 0.268. The molecule has 0 heterocycles. The monoisotopic (exact) mass is 426 g/mol. The van der Waals surface area contributed by atoms with Gasteiger partial charge in [-0.2, -0.15) is 0 Å². The zero-order valence-corrected chi connectivity index (χ0v) is 16.7. The number of thiocarbonyl (C=S) groups is 1. The highest BCUT2D eigenvalue weighted by Crippen LogP contribution is 2.60. The largest absolute Gasteiger partial charge is 0.460 e. The minimum Gasteiger partial charge on any atom is -0.414 e. The highest BCUT2D eigenvalue weighted by Gasteiger charge is 2.41. The van der Waals surface area contributed by atoms with Crippen molar-refractivity contribution in [2.24, 2.45) is 4.99 Å². The summed E-state index contributed by atoms with van der Waals surface area (Å²) >= 11 is 4.74. The fourth-order valence-electron chi connectivity index (χ4n) is 2.52. The molecule has 0 aromatic heterocycles. The summed E-state index contributed by atoms with van der Waals surface area (Å²) in [5, 5.41) is 13.2. The van der Waals surface area contributed by atoms with Gasteiger partial charge in [-0.15, -0.1) is 0 Å². The summed E-state index contributed by atoms with van der Waals surface area (Å²) in [4.78, 5) is 14.4. The Bertz CT molecular complexity index is 1030. The first-order valence-corrected chi connectivity index (χ1v) is 10.4. The van der Waals surface area contributed by atoms with Gasteiger partial charge in [0.1, 0.15) is 11.5 Å². The fraction of sp³-hybridized carbons (Fsp3) is 0.0500. The van der Waals surface area contributed by atoms with E-state index in [4.69, 9.17) is 21.3 Å². The maximum atomic E-state index is 13.9. The molecule has 3 rings (SSSR count). The summed E-state index contributed by atoms with van der Waals surface area (Å²) in [5.74, 6) is -0.530. The van der Waals surface area contributed by atoms with Crippen LogP contribution in [0, 0.1) is 10.1 Å². The van der Waals surface area contributed by atoms with Gasteiger partial charge in [-0.3, -0.25) is 10.1 Å². The van der Waals surface area contributed by atoms with Crippen LogP contribution >= 0.6 is 19.8 Å².